The maximum absolute atomic E-state index is 12.8. The number of rotatable bonds is 9. The van der Waals surface area contributed by atoms with Crippen LogP contribution in [-0.2, 0) is 6.54 Å². The summed E-state index contributed by atoms with van der Waals surface area (Å²) in [6.45, 7) is 2.29. The van der Waals surface area contributed by atoms with Gasteiger partial charge in [-0.05, 0) is 53.4 Å². The largest absolute Gasteiger partial charge is 0.496 e. The van der Waals surface area contributed by atoms with Crippen molar-refractivity contribution in [2.45, 2.75) is 19.5 Å². The number of benzene rings is 4. The second kappa shape index (κ2) is 11.9. The highest BCUT2D eigenvalue weighted by Gasteiger charge is 2.18. The van der Waals surface area contributed by atoms with Gasteiger partial charge in [-0.15, -0.1) is 0 Å². The van der Waals surface area contributed by atoms with E-state index >= 15 is 0 Å². The molecule has 0 fully saturated rings. The van der Waals surface area contributed by atoms with E-state index in [0.717, 1.165) is 22.3 Å². The van der Waals surface area contributed by atoms with E-state index in [2.05, 4.69) is 10.6 Å². The first-order chi connectivity index (χ1) is 18.0. The predicted molar refractivity (Wildman–Crippen MR) is 145 cm³/mol. The second-order valence-corrected chi connectivity index (χ2v) is 8.60. The van der Waals surface area contributed by atoms with Crippen molar-refractivity contribution in [3.05, 3.63) is 119 Å². The third kappa shape index (κ3) is 6.16. The smallest absolute Gasteiger partial charge is 0.259 e. The van der Waals surface area contributed by atoms with Crippen LogP contribution < -0.4 is 20.1 Å². The fourth-order valence-corrected chi connectivity index (χ4v) is 4.08. The molecular formula is C31H30N2O4. The molecule has 1 atom stereocenters. The molecule has 0 radical (unpaired) electrons. The zero-order chi connectivity index (χ0) is 26.2. The number of amides is 2. The average Bonchev–Trinajstić information content (AvgIpc) is 2.96. The molecule has 1 unspecified atom stereocenters. The SMILES string of the molecule is COc1cccc(OC)c1C(=O)NCc1ccc(C(C)NC(=O)c2ccc(-c3ccccc3)cc2)cc1. The van der Waals surface area contributed by atoms with Crippen molar-refractivity contribution < 1.29 is 19.1 Å². The van der Waals surface area contributed by atoms with Gasteiger partial charge in [-0.2, -0.15) is 0 Å². The number of methoxy groups -OCH3 is 2. The minimum atomic E-state index is -0.280. The van der Waals surface area contributed by atoms with E-state index in [4.69, 9.17) is 9.47 Å². The van der Waals surface area contributed by atoms with E-state index in [0.29, 0.717) is 29.2 Å². The van der Waals surface area contributed by atoms with Crippen molar-refractivity contribution in [3.63, 3.8) is 0 Å². The molecule has 188 valence electrons. The van der Waals surface area contributed by atoms with E-state index in [1.54, 1.807) is 18.2 Å². The van der Waals surface area contributed by atoms with Crippen molar-refractivity contribution in [3.8, 4) is 22.6 Å². The van der Waals surface area contributed by atoms with Gasteiger partial charge in [-0.1, -0.05) is 72.8 Å². The Morgan fingerprint density at radius 2 is 1.30 bits per heavy atom. The van der Waals surface area contributed by atoms with Crippen LogP contribution >= 0.6 is 0 Å². The van der Waals surface area contributed by atoms with Gasteiger partial charge in [-0.3, -0.25) is 9.59 Å². The normalized spacial score (nSPS) is 11.3. The van der Waals surface area contributed by atoms with Crippen molar-refractivity contribution in [2.24, 2.45) is 0 Å². The molecule has 6 nitrogen and oxygen atoms in total. The standard InChI is InChI=1S/C31H30N2O4/c1-21(33-30(34)26-18-16-25(17-19-26)24-8-5-4-6-9-24)23-14-12-22(13-15-23)20-32-31(35)29-27(36-2)10-7-11-28(29)37-3/h4-19,21H,20H2,1-3H3,(H,32,35)(H,33,34). The van der Waals surface area contributed by atoms with Gasteiger partial charge in [0.15, 0.2) is 0 Å². The number of hydrogen-bond donors (Lipinski definition) is 2. The molecule has 6 heteroatoms. The number of carbonyl (C=O) groups is 2. The molecule has 0 saturated carbocycles. The number of hydrogen-bond acceptors (Lipinski definition) is 4. The highest BCUT2D eigenvalue weighted by molar-refractivity contribution is 5.99. The van der Waals surface area contributed by atoms with Crippen molar-refractivity contribution in [1.82, 2.24) is 10.6 Å². The van der Waals surface area contributed by atoms with E-state index in [1.807, 2.05) is 85.8 Å². The minimum Gasteiger partial charge on any atom is -0.496 e. The Kier molecular flexibility index (Phi) is 8.21. The summed E-state index contributed by atoms with van der Waals surface area (Å²) in [5, 5.41) is 5.97. The maximum atomic E-state index is 12.8. The van der Waals surface area contributed by atoms with Crippen LogP contribution in [0.3, 0.4) is 0 Å². The summed E-state index contributed by atoms with van der Waals surface area (Å²) in [4.78, 5) is 25.6. The van der Waals surface area contributed by atoms with Gasteiger partial charge in [0.25, 0.3) is 11.8 Å². The van der Waals surface area contributed by atoms with E-state index in [9.17, 15) is 9.59 Å². The van der Waals surface area contributed by atoms with E-state index in [-0.39, 0.29) is 17.9 Å². The van der Waals surface area contributed by atoms with Crippen LogP contribution in [0, 0.1) is 0 Å². The van der Waals surface area contributed by atoms with Crippen LogP contribution in [0.2, 0.25) is 0 Å². The molecule has 4 aromatic carbocycles. The summed E-state index contributed by atoms with van der Waals surface area (Å²) in [6, 6.07) is 30.5. The summed E-state index contributed by atoms with van der Waals surface area (Å²) in [5.41, 5.74) is 5.05. The molecule has 0 aliphatic heterocycles. The van der Waals surface area contributed by atoms with Crippen molar-refractivity contribution >= 4 is 11.8 Å². The van der Waals surface area contributed by atoms with Gasteiger partial charge < -0.3 is 20.1 Å². The molecule has 0 spiro atoms. The van der Waals surface area contributed by atoms with Crippen LogP contribution in [0.4, 0.5) is 0 Å². The molecule has 0 saturated heterocycles. The first-order valence-corrected chi connectivity index (χ1v) is 12.0. The van der Waals surface area contributed by atoms with E-state index in [1.165, 1.54) is 14.2 Å². The summed E-state index contributed by atoms with van der Waals surface area (Å²) in [7, 11) is 3.04. The van der Waals surface area contributed by atoms with Gasteiger partial charge in [0.1, 0.15) is 17.1 Å². The molecule has 0 bridgehead atoms. The third-order valence-corrected chi connectivity index (χ3v) is 6.19. The van der Waals surface area contributed by atoms with Crippen LogP contribution in [0.5, 0.6) is 11.5 Å². The molecule has 0 aromatic heterocycles. The summed E-state index contributed by atoms with van der Waals surface area (Å²) < 4.78 is 10.6. The number of carbonyl (C=O) groups excluding carboxylic acids is 2. The molecule has 2 amide bonds. The van der Waals surface area contributed by atoms with Crippen LogP contribution in [-0.4, -0.2) is 26.0 Å². The Balaban J connectivity index is 1.34. The summed E-state index contributed by atoms with van der Waals surface area (Å²) >= 11 is 0. The first-order valence-electron chi connectivity index (χ1n) is 12.0. The fourth-order valence-electron chi connectivity index (χ4n) is 4.08. The molecule has 37 heavy (non-hydrogen) atoms. The van der Waals surface area contributed by atoms with Crippen molar-refractivity contribution in [1.29, 1.82) is 0 Å². The minimum absolute atomic E-state index is 0.130. The Labute approximate surface area is 217 Å². The lowest BCUT2D eigenvalue weighted by molar-refractivity contribution is 0.0933. The van der Waals surface area contributed by atoms with Gasteiger partial charge in [0, 0.05) is 12.1 Å². The van der Waals surface area contributed by atoms with Gasteiger partial charge in [0.05, 0.1) is 20.3 Å². The lowest BCUT2D eigenvalue weighted by Gasteiger charge is -2.16. The molecule has 0 heterocycles. The predicted octanol–water partition coefficient (Wildman–Crippen LogP) is 5.79. The Hall–Kier alpha value is -4.58. The molecule has 0 aliphatic carbocycles. The van der Waals surface area contributed by atoms with Crippen LogP contribution in [0.1, 0.15) is 44.8 Å². The summed E-state index contributed by atoms with van der Waals surface area (Å²) in [5.74, 6) is 0.490. The van der Waals surface area contributed by atoms with Crippen LogP contribution in [0.15, 0.2) is 97.1 Å². The zero-order valence-electron chi connectivity index (χ0n) is 21.2. The average molecular weight is 495 g/mol. The number of nitrogens with one attached hydrogen (secondary N) is 2. The second-order valence-electron chi connectivity index (χ2n) is 8.60. The monoisotopic (exact) mass is 494 g/mol. The summed E-state index contributed by atoms with van der Waals surface area (Å²) in [6.07, 6.45) is 0. The zero-order valence-corrected chi connectivity index (χ0v) is 21.2. The lowest BCUT2D eigenvalue weighted by atomic mass is 10.0. The Bertz CT molecular complexity index is 1330. The third-order valence-electron chi connectivity index (χ3n) is 6.19. The fraction of sp³-hybridized carbons (Fsp3) is 0.161. The topological polar surface area (TPSA) is 76.7 Å². The molecule has 4 aromatic rings. The Morgan fingerprint density at radius 1 is 0.703 bits per heavy atom. The first kappa shape index (κ1) is 25.5. The van der Waals surface area contributed by atoms with Gasteiger partial charge >= 0.3 is 0 Å². The van der Waals surface area contributed by atoms with E-state index < -0.39 is 0 Å². The molecule has 0 aliphatic rings. The molecular weight excluding hydrogens is 464 g/mol. The maximum Gasteiger partial charge on any atom is 0.259 e. The van der Waals surface area contributed by atoms with Gasteiger partial charge in [0.2, 0.25) is 0 Å². The highest BCUT2D eigenvalue weighted by atomic mass is 16.5. The molecule has 2 N–H and O–H groups in total. The Morgan fingerprint density at radius 3 is 1.89 bits per heavy atom. The molecule has 4 rings (SSSR count). The quantitative estimate of drug-likeness (QED) is 0.309. The number of ether oxygens (including phenoxy) is 2. The van der Waals surface area contributed by atoms with Crippen LogP contribution in [0.25, 0.3) is 11.1 Å². The highest BCUT2D eigenvalue weighted by Crippen LogP contribution is 2.28. The van der Waals surface area contributed by atoms with Crippen molar-refractivity contribution in [2.75, 3.05) is 14.2 Å². The van der Waals surface area contributed by atoms with Gasteiger partial charge in [-0.25, -0.2) is 0 Å². The lowest BCUT2D eigenvalue weighted by Crippen LogP contribution is -2.26.